The lowest BCUT2D eigenvalue weighted by Crippen LogP contribution is -1.92. The SMILES string of the molecule is C.C=Cc1cccc(-c2ccc(C(/C=C/c3ccc(C)cc3)=C(/C)CCC)c(C)c2)c1.CC. The molecular weight excluding hydrogens is 396 g/mol. The smallest absolute Gasteiger partial charge is 0.0155 e. The lowest BCUT2D eigenvalue weighted by molar-refractivity contribution is 0.908. The van der Waals surface area contributed by atoms with Gasteiger partial charge < -0.3 is 0 Å². The molecule has 0 saturated heterocycles. The normalized spacial score (nSPS) is 11.2. The highest BCUT2D eigenvalue weighted by Crippen LogP contribution is 2.30. The summed E-state index contributed by atoms with van der Waals surface area (Å²) in [6, 6.07) is 24.1. The van der Waals surface area contributed by atoms with Gasteiger partial charge in [-0.15, -0.1) is 0 Å². The van der Waals surface area contributed by atoms with Crippen molar-refractivity contribution in [3.8, 4) is 11.1 Å². The van der Waals surface area contributed by atoms with Crippen LogP contribution in [0.4, 0.5) is 0 Å². The third-order valence-electron chi connectivity index (χ3n) is 5.58. The van der Waals surface area contributed by atoms with Gasteiger partial charge >= 0.3 is 0 Å². The Hall–Kier alpha value is -3.12. The van der Waals surface area contributed by atoms with E-state index in [2.05, 4.69) is 113 Å². The molecule has 0 aliphatic carbocycles. The highest BCUT2D eigenvalue weighted by molar-refractivity contribution is 5.83. The molecule has 0 amide bonds. The largest absolute Gasteiger partial charge is 0.0985 e. The van der Waals surface area contributed by atoms with E-state index in [4.69, 9.17) is 0 Å². The highest BCUT2D eigenvalue weighted by atomic mass is 14.1. The van der Waals surface area contributed by atoms with Crippen molar-refractivity contribution in [1.82, 2.24) is 0 Å². The lowest BCUT2D eigenvalue weighted by atomic mass is 9.91. The van der Waals surface area contributed by atoms with Gasteiger partial charge in [-0.25, -0.2) is 0 Å². The zero-order valence-electron chi connectivity index (χ0n) is 20.7. The molecule has 0 N–H and O–H groups in total. The van der Waals surface area contributed by atoms with Crippen LogP contribution in [0.3, 0.4) is 0 Å². The third kappa shape index (κ3) is 7.75. The number of benzene rings is 3. The summed E-state index contributed by atoms with van der Waals surface area (Å²) in [4.78, 5) is 0. The fourth-order valence-electron chi connectivity index (χ4n) is 3.82. The van der Waals surface area contributed by atoms with Crippen LogP contribution in [0.15, 0.2) is 85.0 Å². The average molecular weight is 439 g/mol. The quantitative estimate of drug-likeness (QED) is 0.322. The summed E-state index contributed by atoms with van der Waals surface area (Å²) in [7, 11) is 0. The molecule has 0 aliphatic heterocycles. The van der Waals surface area contributed by atoms with E-state index in [1.807, 2.05) is 19.9 Å². The average Bonchev–Trinajstić information content (AvgIpc) is 2.82. The van der Waals surface area contributed by atoms with Crippen LogP contribution in [-0.4, -0.2) is 0 Å². The van der Waals surface area contributed by atoms with Gasteiger partial charge in [-0.2, -0.15) is 0 Å². The molecule has 3 rings (SSSR count). The maximum absolute atomic E-state index is 3.89. The molecule has 174 valence electrons. The van der Waals surface area contributed by atoms with Gasteiger partial charge in [0.05, 0.1) is 0 Å². The minimum atomic E-state index is 0. The van der Waals surface area contributed by atoms with Crippen molar-refractivity contribution in [1.29, 1.82) is 0 Å². The number of hydrogen-bond donors (Lipinski definition) is 0. The van der Waals surface area contributed by atoms with Gasteiger partial charge in [-0.3, -0.25) is 0 Å². The minimum Gasteiger partial charge on any atom is -0.0985 e. The van der Waals surface area contributed by atoms with Crippen molar-refractivity contribution >= 4 is 17.7 Å². The second-order valence-corrected chi connectivity index (χ2v) is 8.05. The van der Waals surface area contributed by atoms with Crippen LogP contribution in [0.1, 0.15) is 75.8 Å². The van der Waals surface area contributed by atoms with Crippen LogP contribution in [-0.2, 0) is 0 Å². The van der Waals surface area contributed by atoms with Crippen molar-refractivity contribution in [3.63, 3.8) is 0 Å². The van der Waals surface area contributed by atoms with Gasteiger partial charge in [0.25, 0.3) is 0 Å². The first-order valence-electron chi connectivity index (χ1n) is 11.8. The number of aryl methyl sites for hydroxylation is 2. The molecular formula is C33H42. The monoisotopic (exact) mass is 438 g/mol. The van der Waals surface area contributed by atoms with Gasteiger partial charge in [0, 0.05) is 0 Å². The van der Waals surface area contributed by atoms with Crippen LogP contribution >= 0.6 is 0 Å². The Morgan fingerprint density at radius 1 is 0.848 bits per heavy atom. The Labute approximate surface area is 203 Å². The van der Waals surface area contributed by atoms with Gasteiger partial charge in [0.15, 0.2) is 0 Å². The molecule has 3 aromatic rings. The van der Waals surface area contributed by atoms with E-state index in [0.29, 0.717) is 0 Å². The Kier molecular flexibility index (Phi) is 11.9. The second-order valence-electron chi connectivity index (χ2n) is 8.05. The van der Waals surface area contributed by atoms with Gasteiger partial charge in [-0.05, 0) is 72.2 Å². The van der Waals surface area contributed by atoms with E-state index in [9.17, 15) is 0 Å². The van der Waals surface area contributed by atoms with E-state index in [1.54, 1.807) is 0 Å². The first-order chi connectivity index (χ1) is 15.5. The Morgan fingerprint density at radius 2 is 1.52 bits per heavy atom. The first kappa shape index (κ1) is 27.9. The zero-order valence-corrected chi connectivity index (χ0v) is 20.7. The fourth-order valence-corrected chi connectivity index (χ4v) is 3.82. The molecule has 3 aromatic carbocycles. The van der Waals surface area contributed by atoms with E-state index < -0.39 is 0 Å². The molecule has 0 aromatic heterocycles. The van der Waals surface area contributed by atoms with E-state index in [0.717, 1.165) is 18.4 Å². The van der Waals surface area contributed by atoms with Crippen LogP contribution in [0, 0.1) is 13.8 Å². The van der Waals surface area contributed by atoms with Gasteiger partial charge in [0.1, 0.15) is 0 Å². The molecule has 0 radical (unpaired) electrons. The van der Waals surface area contributed by atoms with Gasteiger partial charge in [0.2, 0.25) is 0 Å². The molecule has 0 aliphatic rings. The van der Waals surface area contributed by atoms with E-state index >= 15 is 0 Å². The van der Waals surface area contributed by atoms with Crippen LogP contribution in [0.5, 0.6) is 0 Å². The van der Waals surface area contributed by atoms with Crippen LogP contribution in [0.25, 0.3) is 28.9 Å². The number of hydrogen-bond acceptors (Lipinski definition) is 0. The van der Waals surface area contributed by atoms with Crippen molar-refractivity contribution in [2.45, 2.75) is 61.8 Å². The summed E-state index contributed by atoms with van der Waals surface area (Å²) in [5.41, 5.74) is 11.5. The summed E-state index contributed by atoms with van der Waals surface area (Å²) >= 11 is 0. The summed E-state index contributed by atoms with van der Waals surface area (Å²) in [6.45, 7) is 16.7. The zero-order chi connectivity index (χ0) is 23.5. The molecule has 33 heavy (non-hydrogen) atoms. The van der Waals surface area contributed by atoms with Crippen LogP contribution in [0.2, 0.25) is 0 Å². The summed E-state index contributed by atoms with van der Waals surface area (Å²) in [6.07, 6.45) is 8.68. The first-order valence-corrected chi connectivity index (χ1v) is 11.8. The minimum absolute atomic E-state index is 0. The molecule has 0 nitrogen and oxygen atoms in total. The number of allylic oxidation sites excluding steroid dienone is 3. The lowest BCUT2D eigenvalue weighted by Gasteiger charge is -2.14. The van der Waals surface area contributed by atoms with Gasteiger partial charge in [-0.1, -0.05) is 131 Å². The standard InChI is InChI=1S/C30H32.C2H6.CH4/c1-6-9-23(4)29(18-16-26-14-12-22(3)13-15-26)30-19-17-28(20-24(30)5)27-11-8-10-25(7-2)21-27;1-2;/h7-8,10-21H,2,6,9H2,1,3-5H3;1-2H3;1H4/b18-16+,29-23-;;. The number of rotatable bonds is 7. The predicted molar refractivity (Wildman–Crippen MR) is 152 cm³/mol. The van der Waals surface area contributed by atoms with Crippen molar-refractivity contribution in [2.75, 3.05) is 0 Å². The summed E-state index contributed by atoms with van der Waals surface area (Å²) < 4.78 is 0. The maximum atomic E-state index is 3.89. The van der Waals surface area contributed by atoms with Crippen molar-refractivity contribution < 1.29 is 0 Å². The van der Waals surface area contributed by atoms with Crippen LogP contribution < -0.4 is 0 Å². The fraction of sp³-hybridized carbons (Fsp3) is 0.273. The Balaban J connectivity index is 0.00000177. The molecule has 0 bridgehead atoms. The molecule has 0 heteroatoms. The summed E-state index contributed by atoms with van der Waals surface area (Å²) in [5.74, 6) is 0. The molecule has 0 atom stereocenters. The van der Waals surface area contributed by atoms with Crippen molar-refractivity contribution in [3.05, 3.63) is 113 Å². The van der Waals surface area contributed by atoms with Crippen molar-refractivity contribution in [2.24, 2.45) is 0 Å². The van der Waals surface area contributed by atoms with E-state index in [-0.39, 0.29) is 7.43 Å². The molecule has 0 fully saturated rings. The second kappa shape index (κ2) is 14.1. The maximum Gasteiger partial charge on any atom is -0.0155 e. The molecule has 0 spiro atoms. The molecule has 0 unspecified atom stereocenters. The highest BCUT2D eigenvalue weighted by Gasteiger charge is 2.08. The van der Waals surface area contributed by atoms with E-state index in [1.165, 1.54) is 44.5 Å². The predicted octanol–water partition coefficient (Wildman–Crippen LogP) is 10.6. The topological polar surface area (TPSA) is 0 Å². The molecule has 0 heterocycles. The Bertz CT molecular complexity index is 1080. The third-order valence-corrected chi connectivity index (χ3v) is 5.58. The Morgan fingerprint density at radius 3 is 2.12 bits per heavy atom. The molecule has 0 saturated carbocycles. The summed E-state index contributed by atoms with van der Waals surface area (Å²) in [5, 5.41) is 0.